The molecule has 0 heterocycles. The van der Waals surface area contributed by atoms with Gasteiger partial charge in [0, 0.05) is 18.1 Å². The Balaban J connectivity index is 2.58. The lowest BCUT2D eigenvalue weighted by Gasteiger charge is -2.01. The highest BCUT2D eigenvalue weighted by atomic mass is 14.8. The van der Waals surface area contributed by atoms with Gasteiger partial charge in [0.25, 0.3) is 0 Å². The third-order valence-electron chi connectivity index (χ3n) is 1.80. The van der Waals surface area contributed by atoms with E-state index in [-0.39, 0.29) is 0 Å². The van der Waals surface area contributed by atoms with E-state index in [1.54, 1.807) is 12.3 Å². The molecule has 0 amide bonds. The van der Waals surface area contributed by atoms with Crippen LogP contribution in [-0.2, 0) is 6.42 Å². The first-order valence-corrected chi connectivity index (χ1v) is 4.38. The van der Waals surface area contributed by atoms with E-state index in [1.165, 1.54) is 11.8 Å². The second-order valence-corrected chi connectivity index (χ2v) is 2.72. The smallest absolute Gasteiger partial charge is 0.0379 e. The fraction of sp³-hybridized carbons (Fsp3) is 0.182. The summed E-state index contributed by atoms with van der Waals surface area (Å²) in [5.74, 6) is 0. The Labute approximate surface area is 78.8 Å². The van der Waals surface area contributed by atoms with E-state index < -0.39 is 0 Å². The molecule has 0 aliphatic rings. The largest absolute Gasteiger partial charge is 0.362 e. The van der Waals surface area contributed by atoms with Crippen LogP contribution in [0.3, 0.4) is 0 Å². The lowest BCUT2D eigenvalue weighted by molar-refractivity contribution is 1.14. The molecule has 0 spiro atoms. The molecule has 13 heavy (non-hydrogen) atoms. The van der Waals surface area contributed by atoms with Crippen molar-refractivity contribution < 1.29 is 0 Å². The highest BCUT2D eigenvalue weighted by molar-refractivity contribution is 5.68. The van der Waals surface area contributed by atoms with Crippen LogP contribution < -0.4 is 5.32 Å². The van der Waals surface area contributed by atoms with Crippen LogP contribution in [0.4, 0.5) is 5.69 Å². The van der Waals surface area contributed by atoms with Crippen LogP contribution in [0.15, 0.2) is 36.5 Å². The predicted molar refractivity (Wildman–Crippen MR) is 57.4 cm³/mol. The van der Waals surface area contributed by atoms with E-state index in [1.807, 2.05) is 12.1 Å². The number of hydrogen-bond donors (Lipinski definition) is 2. The van der Waals surface area contributed by atoms with Crippen LogP contribution in [0.5, 0.6) is 0 Å². The van der Waals surface area contributed by atoms with Gasteiger partial charge in [-0.2, -0.15) is 0 Å². The Morgan fingerprint density at radius 2 is 2.00 bits per heavy atom. The molecular weight excluding hydrogens is 160 g/mol. The Kier molecular flexibility index (Phi) is 3.76. The van der Waals surface area contributed by atoms with Crippen LogP contribution in [0.25, 0.3) is 0 Å². The van der Waals surface area contributed by atoms with Crippen molar-refractivity contribution in [3.63, 3.8) is 0 Å². The molecule has 0 atom stereocenters. The van der Waals surface area contributed by atoms with Gasteiger partial charge in [-0.1, -0.05) is 19.1 Å². The van der Waals surface area contributed by atoms with Gasteiger partial charge < -0.3 is 10.7 Å². The fourth-order valence-electron chi connectivity index (χ4n) is 1.03. The molecule has 68 valence electrons. The standard InChI is InChI=1S/C11H14N2/c1-2-10-4-6-11(7-5-10)13-9-3-8-12/h3-9,12-13H,2H2,1H3/b9-3-,12-8?. The SMILES string of the molecule is CCc1ccc(N/C=C\C=N)cc1. The summed E-state index contributed by atoms with van der Waals surface area (Å²) in [7, 11) is 0. The molecular formula is C11H14N2. The van der Waals surface area contributed by atoms with Crippen molar-refractivity contribution in [3.05, 3.63) is 42.1 Å². The van der Waals surface area contributed by atoms with Gasteiger partial charge in [-0.25, -0.2) is 0 Å². The minimum atomic E-state index is 1.05. The summed E-state index contributed by atoms with van der Waals surface area (Å²) >= 11 is 0. The van der Waals surface area contributed by atoms with Gasteiger partial charge in [-0.05, 0) is 30.2 Å². The lowest BCUT2D eigenvalue weighted by atomic mass is 10.1. The number of aryl methyl sites for hydroxylation is 1. The Morgan fingerprint density at radius 1 is 1.31 bits per heavy atom. The quantitative estimate of drug-likeness (QED) is 0.676. The maximum absolute atomic E-state index is 6.78. The van der Waals surface area contributed by atoms with Crippen molar-refractivity contribution >= 4 is 11.9 Å². The maximum Gasteiger partial charge on any atom is 0.0379 e. The van der Waals surface area contributed by atoms with Crippen LogP contribution in [0.2, 0.25) is 0 Å². The molecule has 0 saturated heterocycles. The molecule has 0 saturated carbocycles. The molecule has 0 bridgehead atoms. The van der Waals surface area contributed by atoms with Gasteiger partial charge in [-0.15, -0.1) is 0 Å². The molecule has 0 fully saturated rings. The van der Waals surface area contributed by atoms with Gasteiger partial charge >= 0.3 is 0 Å². The van der Waals surface area contributed by atoms with E-state index in [9.17, 15) is 0 Å². The van der Waals surface area contributed by atoms with Crippen molar-refractivity contribution in [3.8, 4) is 0 Å². The number of allylic oxidation sites excluding steroid dienone is 1. The van der Waals surface area contributed by atoms with E-state index in [2.05, 4.69) is 24.4 Å². The summed E-state index contributed by atoms with van der Waals surface area (Å²) in [6.45, 7) is 2.14. The molecule has 0 unspecified atom stereocenters. The minimum absolute atomic E-state index is 1.05. The lowest BCUT2D eigenvalue weighted by Crippen LogP contribution is -1.87. The third-order valence-corrected chi connectivity index (χ3v) is 1.80. The minimum Gasteiger partial charge on any atom is -0.362 e. The summed E-state index contributed by atoms with van der Waals surface area (Å²) in [5, 5.41) is 9.85. The van der Waals surface area contributed by atoms with E-state index >= 15 is 0 Å². The Bertz CT molecular complexity index is 285. The van der Waals surface area contributed by atoms with Gasteiger partial charge in [0.05, 0.1) is 0 Å². The average molecular weight is 174 g/mol. The molecule has 0 aliphatic heterocycles. The van der Waals surface area contributed by atoms with Crippen molar-refractivity contribution in [2.75, 3.05) is 5.32 Å². The summed E-state index contributed by atoms with van der Waals surface area (Å²) in [6, 6.07) is 8.27. The number of hydrogen-bond acceptors (Lipinski definition) is 2. The molecule has 2 N–H and O–H groups in total. The molecule has 1 aromatic rings. The summed E-state index contributed by atoms with van der Waals surface area (Å²) in [5.41, 5.74) is 2.39. The molecule has 0 aliphatic carbocycles. The monoisotopic (exact) mass is 174 g/mol. The number of anilines is 1. The van der Waals surface area contributed by atoms with Crippen molar-refractivity contribution in [1.29, 1.82) is 5.41 Å². The topological polar surface area (TPSA) is 35.9 Å². The summed E-state index contributed by atoms with van der Waals surface area (Å²) < 4.78 is 0. The first kappa shape index (κ1) is 9.52. The molecule has 2 heteroatoms. The van der Waals surface area contributed by atoms with Crippen LogP contribution >= 0.6 is 0 Å². The Morgan fingerprint density at radius 3 is 2.54 bits per heavy atom. The van der Waals surface area contributed by atoms with Gasteiger partial charge in [-0.3, -0.25) is 0 Å². The van der Waals surface area contributed by atoms with Crippen molar-refractivity contribution in [2.45, 2.75) is 13.3 Å². The van der Waals surface area contributed by atoms with Crippen LogP contribution in [-0.4, -0.2) is 6.21 Å². The Hall–Kier alpha value is -1.57. The molecule has 1 rings (SSSR count). The molecule has 1 aromatic carbocycles. The average Bonchev–Trinajstić information content (AvgIpc) is 2.19. The third kappa shape index (κ3) is 3.11. The summed E-state index contributed by atoms with van der Waals surface area (Å²) in [4.78, 5) is 0. The van der Waals surface area contributed by atoms with Gasteiger partial charge in [0.1, 0.15) is 0 Å². The first-order chi connectivity index (χ1) is 6.36. The zero-order valence-electron chi connectivity index (χ0n) is 7.75. The van der Waals surface area contributed by atoms with Gasteiger partial charge in [0.15, 0.2) is 0 Å². The predicted octanol–water partition coefficient (Wildman–Crippen LogP) is 2.82. The maximum atomic E-state index is 6.78. The normalized spacial score (nSPS) is 10.2. The van der Waals surface area contributed by atoms with Crippen molar-refractivity contribution in [2.24, 2.45) is 0 Å². The number of rotatable bonds is 4. The number of nitrogens with one attached hydrogen (secondary N) is 2. The molecule has 0 aromatic heterocycles. The van der Waals surface area contributed by atoms with Gasteiger partial charge in [0.2, 0.25) is 0 Å². The zero-order chi connectivity index (χ0) is 9.52. The summed E-state index contributed by atoms with van der Waals surface area (Å²) in [6.07, 6.45) is 5.70. The fourth-order valence-corrected chi connectivity index (χ4v) is 1.03. The second kappa shape index (κ2) is 5.14. The highest BCUT2D eigenvalue weighted by Crippen LogP contribution is 2.09. The molecule has 2 nitrogen and oxygen atoms in total. The van der Waals surface area contributed by atoms with E-state index in [0.29, 0.717) is 0 Å². The van der Waals surface area contributed by atoms with Crippen LogP contribution in [0, 0.1) is 5.41 Å². The van der Waals surface area contributed by atoms with Crippen molar-refractivity contribution in [1.82, 2.24) is 0 Å². The zero-order valence-corrected chi connectivity index (χ0v) is 7.75. The highest BCUT2D eigenvalue weighted by Gasteiger charge is 1.88. The first-order valence-electron chi connectivity index (χ1n) is 4.38. The van der Waals surface area contributed by atoms with E-state index in [4.69, 9.17) is 5.41 Å². The number of benzene rings is 1. The van der Waals surface area contributed by atoms with Crippen LogP contribution in [0.1, 0.15) is 12.5 Å². The molecule has 0 radical (unpaired) electrons. The second-order valence-electron chi connectivity index (χ2n) is 2.72. The van der Waals surface area contributed by atoms with E-state index in [0.717, 1.165) is 12.1 Å².